The van der Waals surface area contributed by atoms with Crippen molar-refractivity contribution < 1.29 is 0 Å². The molecule has 0 N–H and O–H groups in total. The van der Waals surface area contributed by atoms with E-state index in [1.165, 1.54) is 44.4 Å². The Morgan fingerprint density at radius 2 is 0.622 bits per heavy atom. The zero-order valence-corrected chi connectivity index (χ0v) is 27.8. The smallest absolute Gasteiger partial charge is 0.000418 e. The summed E-state index contributed by atoms with van der Waals surface area (Å²) in [4.78, 5) is 0. The van der Waals surface area contributed by atoms with E-state index in [0.29, 0.717) is 10.3 Å². The fourth-order valence-electron chi connectivity index (χ4n) is 11.1. The van der Waals surface area contributed by atoms with Gasteiger partial charge in [0.25, 0.3) is 0 Å². The molecule has 2 atom stereocenters. The first kappa shape index (κ1) is 29.8. The molecule has 5 aliphatic carbocycles. The molecule has 0 aromatic heterocycles. The van der Waals surface area contributed by atoms with Crippen molar-refractivity contribution in [1.82, 2.24) is 0 Å². The lowest BCUT2D eigenvalue weighted by Gasteiger charge is -2.66. The van der Waals surface area contributed by atoms with E-state index >= 15 is 0 Å². The van der Waals surface area contributed by atoms with Gasteiger partial charge in [0.15, 0.2) is 0 Å². The Morgan fingerprint density at radius 3 is 0.865 bits per heavy atom. The predicted octanol–water partition coefficient (Wildman–Crippen LogP) is 11.3. The van der Waals surface area contributed by atoms with Crippen LogP contribution in [0.1, 0.15) is 161 Å². The van der Waals surface area contributed by atoms with Crippen molar-refractivity contribution in [2.45, 2.75) is 176 Å². The molecule has 214 valence electrons. The highest BCUT2D eigenvalue weighted by molar-refractivity contribution is 7.62. The second-order valence-electron chi connectivity index (χ2n) is 14.4. The third-order valence-corrected chi connectivity index (χ3v) is 19.6. The molecule has 0 radical (unpaired) electrons. The van der Waals surface area contributed by atoms with E-state index in [-0.39, 0.29) is 7.92 Å². The van der Waals surface area contributed by atoms with Gasteiger partial charge in [-0.25, -0.2) is 0 Å². The highest BCUT2D eigenvalue weighted by Crippen LogP contribution is 2.78. The Morgan fingerprint density at radius 1 is 0.378 bits per heavy atom. The van der Waals surface area contributed by atoms with Crippen LogP contribution in [0.5, 0.6) is 0 Å². The molecule has 0 saturated heterocycles. The van der Waals surface area contributed by atoms with Crippen molar-refractivity contribution in [2.75, 3.05) is 12.3 Å². The fraction of sp³-hybridized carbons (Fsp3) is 1.00. The molecule has 0 aromatic rings. The number of hydrogen-bond donors (Lipinski definition) is 0. The average Bonchev–Trinajstić information content (AvgIpc) is 3.00. The van der Waals surface area contributed by atoms with Crippen LogP contribution in [0.3, 0.4) is 0 Å². The van der Waals surface area contributed by atoms with Crippen LogP contribution >= 0.6 is 26.4 Å². The summed E-state index contributed by atoms with van der Waals surface area (Å²) in [6.07, 6.45) is 41.8. The van der Waals surface area contributed by atoms with Gasteiger partial charge >= 0.3 is 0 Å². The lowest BCUT2D eigenvalue weighted by atomic mass is 9.68. The first-order valence-corrected chi connectivity index (χ1v) is 20.5. The summed E-state index contributed by atoms with van der Waals surface area (Å²) < 4.78 is 0. The molecule has 5 fully saturated rings. The zero-order chi connectivity index (χ0) is 25.6. The molecule has 0 nitrogen and oxygen atoms in total. The van der Waals surface area contributed by atoms with E-state index in [9.17, 15) is 0 Å². The van der Waals surface area contributed by atoms with Gasteiger partial charge in [0.2, 0.25) is 0 Å². The molecule has 5 aliphatic rings. The molecule has 0 spiro atoms. The summed E-state index contributed by atoms with van der Waals surface area (Å²) in [5.41, 5.74) is 1.08. The minimum atomic E-state index is -0.00750. The van der Waals surface area contributed by atoms with Crippen molar-refractivity contribution in [3.63, 3.8) is 0 Å². The van der Waals surface area contributed by atoms with Crippen molar-refractivity contribution in [1.29, 1.82) is 0 Å². The lowest BCUT2D eigenvalue weighted by Crippen LogP contribution is -2.59. The summed E-state index contributed by atoms with van der Waals surface area (Å²) in [5.74, 6) is 4.16. The normalized spacial score (nSPS) is 27.6. The molecule has 5 saturated carbocycles. The third kappa shape index (κ3) is 6.09. The van der Waals surface area contributed by atoms with E-state index in [2.05, 4.69) is 18.5 Å². The summed E-state index contributed by atoms with van der Waals surface area (Å²) in [7, 11) is 7.04. The van der Waals surface area contributed by atoms with Gasteiger partial charge in [-0.05, 0) is 106 Å². The molecule has 37 heavy (non-hydrogen) atoms. The molecule has 3 heteroatoms. The quantitative estimate of drug-likeness (QED) is 0.244. The molecule has 0 aromatic carbocycles. The van der Waals surface area contributed by atoms with Crippen LogP contribution in [0.4, 0.5) is 0 Å². The van der Waals surface area contributed by atoms with Crippen molar-refractivity contribution in [3.8, 4) is 0 Å². The molecular weight excluding hydrogens is 501 g/mol. The molecule has 0 bridgehead atoms. The Labute approximate surface area is 238 Å². The van der Waals surface area contributed by atoms with Crippen molar-refractivity contribution in [3.05, 3.63) is 0 Å². The monoisotopic (exact) mass is 564 g/mol. The van der Waals surface area contributed by atoms with Crippen LogP contribution in [-0.4, -0.2) is 28.3 Å². The highest BCUT2D eigenvalue weighted by Gasteiger charge is 2.61. The van der Waals surface area contributed by atoms with E-state index in [4.69, 9.17) is 0 Å². The van der Waals surface area contributed by atoms with Gasteiger partial charge in [0, 0.05) is 10.3 Å². The van der Waals surface area contributed by atoms with Crippen LogP contribution in [0, 0.1) is 23.7 Å². The number of rotatable bonds is 9. The van der Waals surface area contributed by atoms with E-state index in [1.54, 1.807) is 128 Å². The van der Waals surface area contributed by atoms with Crippen LogP contribution in [0.2, 0.25) is 0 Å². The van der Waals surface area contributed by atoms with Gasteiger partial charge in [-0.2, -0.15) is 0 Å². The Kier molecular flexibility index (Phi) is 11.6. The van der Waals surface area contributed by atoms with Crippen molar-refractivity contribution >= 4 is 26.4 Å². The zero-order valence-electron chi connectivity index (χ0n) is 24.6. The number of hydrogen-bond acceptors (Lipinski definition) is 0. The molecular formula is C34H63P3. The average molecular weight is 565 g/mol. The molecule has 0 aliphatic heterocycles. The Balaban J connectivity index is 1.68. The summed E-state index contributed by atoms with van der Waals surface area (Å²) >= 11 is 0. The highest BCUT2D eigenvalue weighted by atomic mass is 31.1. The minimum absolute atomic E-state index is 0.00750. The second kappa shape index (κ2) is 14.5. The van der Waals surface area contributed by atoms with Gasteiger partial charge in [-0.1, -0.05) is 104 Å². The largest absolute Gasteiger partial charge is 0.137 e. The predicted molar refractivity (Wildman–Crippen MR) is 175 cm³/mol. The maximum Gasteiger partial charge on any atom is 0.000418 e. The first-order valence-electron chi connectivity index (χ1n) is 17.5. The third-order valence-electron chi connectivity index (χ3n) is 12.7. The molecule has 0 heterocycles. The maximum absolute atomic E-state index is 3.52. The van der Waals surface area contributed by atoms with Crippen LogP contribution in [0.15, 0.2) is 0 Å². The van der Waals surface area contributed by atoms with E-state index in [0.717, 1.165) is 29.3 Å². The molecule has 0 amide bonds. The second-order valence-corrected chi connectivity index (χ2v) is 18.3. The molecule has 5 rings (SSSR count). The molecule has 2 unspecified atom stereocenters. The van der Waals surface area contributed by atoms with Gasteiger partial charge in [-0.3, -0.25) is 0 Å². The van der Waals surface area contributed by atoms with Crippen LogP contribution < -0.4 is 0 Å². The fourth-order valence-corrected chi connectivity index (χ4v) is 19.7. The Hall–Kier alpha value is 1.29. The van der Waals surface area contributed by atoms with E-state index < -0.39 is 0 Å². The lowest BCUT2D eigenvalue weighted by molar-refractivity contribution is 0.156. The summed E-state index contributed by atoms with van der Waals surface area (Å²) in [6, 6.07) is 0. The Bertz CT molecular complexity index is 562. The van der Waals surface area contributed by atoms with E-state index in [1.807, 2.05) is 0 Å². The van der Waals surface area contributed by atoms with Crippen LogP contribution in [0.25, 0.3) is 0 Å². The maximum atomic E-state index is 3.52. The van der Waals surface area contributed by atoms with Gasteiger partial charge < -0.3 is 0 Å². The van der Waals surface area contributed by atoms with Crippen molar-refractivity contribution in [2.24, 2.45) is 23.7 Å². The van der Waals surface area contributed by atoms with Gasteiger partial charge in [0.1, 0.15) is 0 Å². The topological polar surface area (TPSA) is 0 Å². The van der Waals surface area contributed by atoms with Gasteiger partial charge in [0.05, 0.1) is 0 Å². The first-order chi connectivity index (χ1) is 18.3. The summed E-state index contributed by atoms with van der Waals surface area (Å²) in [5, 5.41) is 1.32. The van der Waals surface area contributed by atoms with Gasteiger partial charge in [-0.15, -0.1) is 18.5 Å². The minimum Gasteiger partial charge on any atom is -0.137 e. The van der Waals surface area contributed by atoms with Crippen LogP contribution in [-0.2, 0) is 0 Å². The SMILES string of the molecule is PCC(C1CCCCC1)(C1CCCCC1)P(C1CCCCC1)C(CP)(C1CCCCC1)C1CCCCC1. The standard InChI is InChI=1S/C34H63P3/c35-26-33(28-16-6-1-7-17-28,29-18-8-2-9-19-29)37(32-24-14-5-15-25-32)34(27-36,30-20-10-3-11-21-30)31-22-12-4-13-23-31/h28-32H,1-27,35-36H2. The summed E-state index contributed by atoms with van der Waals surface area (Å²) in [6.45, 7) is 0.